The average molecular weight is 375 g/mol. The fourth-order valence-corrected chi connectivity index (χ4v) is 4.15. The van der Waals surface area contributed by atoms with Crippen molar-refractivity contribution in [2.45, 2.75) is 34.1 Å². The molecule has 4 rings (SSSR count). The van der Waals surface area contributed by atoms with Gasteiger partial charge in [0.1, 0.15) is 5.82 Å². The molecule has 0 saturated carbocycles. The van der Waals surface area contributed by atoms with Gasteiger partial charge in [0.05, 0.1) is 10.9 Å². The Hall–Kier alpha value is -2.59. The van der Waals surface area contributed by atoms with Gasteiger partial charge in [-0.2, -0.15) is 0 Å². The molecule has 0 fully saturated rings. The molecule has 2 N–H and O–H groups in total. The van der Waals surface area contributed by atoms with Crippen molar-refractivity contribution in [3.05, 3.63) is 47.7 Å². The van der Waals surface area contributed by atoms with E-state index in [1.165, 1.54) is 43.7 Å². The van der Waals surface area contributed by atoms with Gasteiger partial charge in [0.25, 0.3) is 0 Å². The fraction of sp³-hybridized carbons (Fsp3) is 0.375. The van der Waals surface area contributed by atoms with Crippen molar-refractivity contribution in [3.63, 3.8) is 0 Å². The van der Waals surface area contributed by atoms with E-state index < -0.39 is 0 Å². The number of pyridine rings is 1. The number of hydrogen-bond donors (Lipinski definition) is 2. The van der Waals surface area contributed by atoms with Crippen molar-refractivity contribution >= 4 is 38.4 Å². The third-order valence-electron chi connectivity index (χ3n) is 5.79. The van der Waals surface area contributed by atoms with Crippen molar-refractivity contribution in [1.82, 2.24) is 14.9 Å². The van der Waals surface area contributed by atoms with Gasteiger partial charge in [-0.15, -0.1) is 0 Å². The van der Waals surface area contributed by atoms with Crippen LogP contribution in [0.15, 0.2) is 36.5 Å². The Kier molecular flexibility index (Phi) is 5.23. The van der Waals surface area contributed by atoms with Crippen LogP contribution in [-0.4, -0.2) is 41.0 Å². The Labute approximate surface area is 166 Å². The predicted octanol–water partition coefficient (Wildman–Crippen LogP) is 5.63. The molecule has 0 unspecified atom stereocenters. The van der Waals surface area contributed by atoms with Gasteiger partial charge in [0.2, 0.25) is 0 Å². The van der Waals surface area contributed by atoms with Crippen LogP contribution in [0.25, 0.3) is 32.6 Å². The third kappa shape index (κ3) is 3.33. The summed E-state index contributed by atoms with van der Waals surface area (Å²) in [5, 5.41) is 8.67. The molecule has 0 atom stereocenters. The Morgan fingerprint density at radius 3 is 2.64 bits per heavy atom. The van der Waals surface area contributed by atoms with Crippen LogP contribution in [0.2, 0.25) is 0 Å². The van der Waals surface area contributed by atoms with Gasteiger partial charge in [0.15, 0.2) is 0 Å². The lowest BCUT2D eigenvalue weighted by Crippen LogP contribution is -2.25. The summed E-state index contributed by atoms with van der Waals surface area (Å²) < 4.78 is 0. The van der Waals surface area contributed by atoms with E-state index in [1.807, 2.05) is 6.20 Å². The first-order valence-corrected chi connectivity index (χ1v) is 10.4. The van der Waals surface area contributed by atoms with E-state index in [1.54, 1.807) is 0 Å². The molecule has 146 valence electrons. The van der Waals surface area contributed by atoms with Gasteiger partial charge in [0, 0.05) is 23.6 Å². The van der Waals surface area contributed by atoms with Gasteiger partial charge in [-0.25, -0.2) is 4.98 Å². The number of nitrogens with one attached hydrogen (secondary N) is 2. The number of benzene rings is 2. The number of anilines is 1. The zero-order chi connectivity index (χ0) is 19.7. The molecule has 0 aliphatic heterocycles. The standard InChI is InChI=1S/C24H30N4/c1-5-28(6-2)13-7-12-25-24-22-21-19-10-8-16(3)14-18(19)9-11-20(21)27-23(22)17(4)15-26-24/h8-11,14-15,27H,5-7,12-13H2,1-4H3,(H,25,26). The van der Waals surface area contributed by atoms with E-state index in [2.05, 4.69) is 73.2 Å². The van der Waals surface area contributed by atoms with Gasteiger partial charge >= 0.3 is 0 Å². The number of nitrogens with zero attached hydrogens (tertiary/aromatic N) is 2. The number of rotatable bonds is 7. The minimum Gasteiger partial charge on any atom is -0.369 e. The first-order chi connectivity index (χ1) is 13.6. The first-order valence-electron chi connectivity index (χ1n) is 10.4. The van der Waals surface area contributed by atoms with Crippen molar-refractivity contribution in [3.8, 4) is 0 Å². The maximum atomic E-state index is 4.77. The highest BCUT2D eigenvalue weighted by atomic mass is 15.1. The quantitative estimate of drug-likeness (QED) is 0.412. The molecular formula is C24H30N4. The second kappa shape index (κ2) is 7.80. The van der Waals surface area contributed by atoms with Crippen LogP contribution in [0.1, 0.15) is 31.4 Å². The summed E-state index contributed by atoms with van der Waals surface area (Å²) in [6, 6.07) is 11.1. The number of hydrogen-bond acceptors (Lipinski definition) is 3. The Bertz CT molecular complexity index is 1120. The molecule has 0 amide bonds. The van der Waals surface area contributed by atoms with E-state index in [-0.39, 0.29) is 0 Å². The van der Waals surface area contributed by atoms with Crippen molar-refractivity contribution < 1.29 is 0 Å². The number of fused-ring (bicyclic) bond motifs is 5. The molecule has 4 heteroatoms. The van der Waals surface area contributed by atoms with Crippen molar-refractivity contribution in [1.29, 1.82) is 0 Å². The number of aromatic nitrogens is 2. The summed E-state index contributed by atoms with van der Waals surface area (Å²) in [4.78, 5) is 10.9. The topological polar surface area (TPSA) is 44.0 Å². The van der Waals surface area contributed by atoms with Crippen molar-refractivity contribution in [2.24, 2.45) is 0 Å². The fourth-order valence-electron chi connectivity index (χ4n) is 4.15. The van der Waals surface area contributed by atoms with Gasteiger partial charge in [-0.3, -0.25) is 0 Å². The van der Waals surface area contributed by atoms with Crippen LogP contribution in [0.3, 0.4) is 0 Å². The number of H-pyrrole nitrogens is 1. The summed E-state index contributed by atoms with van der Waals surface area (Å²) in [5.74, 6) is 0.986. The van der Waals surface area contributed by atoms with Crippen LogP contribution < -0.4 is 5.32 Å². The molecule has 2 aromatic carbocycles. The van der Waals surface area contributed by atoms with E-state index in [9.17, 15) is 0 Å². The summed E-state index contributed by atoms with van der Waals surface area (Å²) in [6.45, 7) is 13.0. The van der Waals surface area contributed by atoms with Crippen LogP contribution in [-0.2, 0) is 0 Å². The van der Waals surface area contributed by atoms with Crippen LogP contribution in [0.4, 0.5) is 5.82 Å². The highest BCUT2D eigenvalue weighted by Gasteiger charge is 2.14. The van der Waals surface area contributed by atoms with E-state index in [0.29, 0.717) is 0 Å². The van der Waals surface area contributed by atoms with E-state index in [0.717, 1.165) is 38.4 Å². The zero-order valence-electron chi connectivity index (χ0n) is 17.4. The zero-order valence-corrected chi connectivity index (χ0v) is 17.4. The first kappa shape index (κ1) is 18.8. The summed E-state index contributed by atoms with van der Waals surface area (Å²) >= 11 is 0. The van der Waals surface area contributed by atoms with Crippen LogP contribution >= 0.6 is 0 Å². The Morgan fingerprint density at radius 2 is 1.86 bits per heavy atom. The lowest BCUT2D eigenvalue weighted by molar-refractivity contribution is 0.303. The third-order valence-corrected chi connectivity index (χ3v) is 5.79. The smallest absolute Gasteiger partial charge is 0.136 e. The molecule has 4 nitrogen and oxygen atoms in total. The summed E-state index contributed by atoms with van der Waals surface area (Å²) in [6.07, 6.45) is 3.08. The predicted molar refractivity (Wildman–Crippen MR) is 121 cm³/mol. The monoisotopic (exact) mass is 374 g/mol. The maximum absolute atomic E-state index is 4.77. The van der Waals surface area contributed by atoms with E-state index >= 15 is 0 Å². The highest BCUT2D eigenvalue weighted by molar-refractivity contribution is 6.23. The van der Waals surface area contributed by atoms with Gasteiger partial charge in [-0.1, -0.05) is 43.7 Å². The molecule has 0 radical (unpaired) electrons. The highest BCUT2D eigenvalue weighted by Crippen LogP contribution is 2.36. The Balaban J connectivity index is 1.76. The minimum absolute atomic E-state index is 0.929. The summed E-state index contributed by atoms with van der Waals surface area (Å²) in [5.41, 5.74) is 4.83. The SMILES string of the molecule is CCN(CC)CCCNc1ncc(C)c2[nH]c3ccc4cc(C)ccc4c3c12. The molecular weight excluding hydrogens is 344 g/mol. The lowest BCUT2D eigenvalue weighted by Gasteiger charge is -2.18. The van der Waals surface area contributed by atoms with Gasteiger partial charge in [-0.05, 0) is 62.3 Å². The summed E-state index contributed by atoms with van der Waals surface area (Å²) in [7, 11) is 0. The average Bonchev–Trinajstić information content (AvgIpc) is 3.10. The number of aryl methyl sites for hydroxylation is 2. The molecule has 0 aliphatic rings. The van der Waals surface area contributed by atoms with Crippen molar-refractivity contribution in [2.75, 3.05) is 31.5 Å². The molecule has 2 heterocycles. The lowest BCUT2D eigenvalue weighted by atomic mass is 10.0. The normalized spacial score (nSPS) is 11.9. The largest absolute Gasteiger partial charge is 0.369 e. The molecule has 2 aromatic heterocycles. The van der Waals surface area contributed by atoms with Gasteiger partial charge < -0.3 is 15.2 Å². The van der Waals surface area contributed by atoms with Crippen LogP contribution in [0, 0.1) is 13.8 Å². The van der Waals surface area contributed by atoms with E-state index in [4.69, 9.17) is 4.98 Å². The molecule has 4 aromatic rings. The molecule has 0 spiro atoms. The maximum Gasteiger partial charge on any atom is 0.136 e. The molecule has 0 bridgehead atoms. The molecule has 0 saturated heterocycles. The van der Waals surface area contributed by atoms with Crippen LogP contribution in [0.5, 0.6) is 0 Å². The molecule has 28 heavy (non-hydrogen) atoms. The molecule has 0 aliphatic carbocycles. The Morgan fingerprint density at radius 1 is 1.04 bits per heavy atom. The number of aromatic amines is 1. The minimum atomic E-state index is 0.929. The second-order valence-electron chi connectivity index (χ2n) is 7.68. The second-order valence-corrected chi connectivity index (χ2v) is 7.68.